The summed E-state index contributed by atoms with van der Waals surface area (Å²) in [7, 11) is 1.69. The Bertz CT molecular complexity index is 924. The normalized spacial score (nSPS) is 27.0. The van der Waals surface area contributed by atoms with Gasteiger partial charge >= 0.3 is 0 Å². The van der Waals surface area contributed by atoms with E-state index < -0.39 is 0 Å². The molecule has 4 rings (SSSR count). The van der Waals surface area contributed by atoms with Gasteiger partial charge in [0.1, 0.15) is 11.4 Å². The van der Waals surface area contributed by atoms with Gasteiger partial charge in [-0.1, -0.05) is 47.0 Å². The molecule has 2 aliphatic rings. The number of ether oxygens (including phenoxy) is 1. The molecule has 4 heteroatoms. The Labute approximate surface area is 181 Å². The van der Waals surface area contributed by atoms with Gasteiger partial charge in [0.15, 0.2) is 0 Å². The fourth-order valence-corrected chi connectivity index (χ4v) is 6.37. The van der Waals surface area contributed by atoms with Gasteiger partial charge in [-0.05, 0) is 66.7 Å². The number of nitrogens with zero attached hydrogens (tertiary/aromatic N) is 1. The maximum atomic E-state index is 13.6. The molecule has 2 fully saturated rings. The fourth-order valence-electron chi connectivity index (χ4n) is 6.37. The number of nitrogens with one attached hydrogen (secondary N) is 1. The topological polar surface area (TPSA) is 43.3 Å². The standard InChI is InChI=1S/C26H38N2O2/c1-6-7-8-9-14-28-21-11-10-20(30-5)15-18(21)16-22(28)23(29)27-24-25(2,3)19-12-13-26(24,4)17-19/h10-11,15-16,19,24H,6-9,12-14,17H2,1-5H3,(H,27,29)/t19?,24?,26-/m0/s1. The van der Waals surface area contributed by atoms with Crippen molar-refractivity contribution >= 4 is 16.8 Å². The highest BCUT2D eigenvalue weighted by Crippen LogP contribution is 2.62. The monoisotopic (exact) mass is 410 g/mol. The average molecular weight is 411 g/mol. The van der Waals surface area contributed by atoms with Crippen molar-refractivity contribution in [3.8, 4) is 5.75 Å². The largest absolute Gasteiger partial charge is 0.497 e. The van der Waals surface area contributed by atoms with Crippen molar-refractivity contribution in [2.75, 3.05) is 7.11 Å². The van der Waals surface area contributed by atoms with Crippen LogP contribution in [0.25, 0.3) is 10.9 Å². The molecule has 4 nitrogen and oxygen atoms in total. The molecule has 164 valence electrons. The Morgan fingerprint density at radius 2 is 2.00 bits per heavy atom. The number of fused-ring (bicyclic) bond motifs is 3. The number of methoxy groups -OCH3 is 1. The van der Waals surface area contributed by atoms with E-state index in [1.165, 1.54) is 38.5 Å². The van der Waals surface area contributed by atoms with Crippen LogP contribution in [0.15, 0.2) is 24.3 Å². The second kappa shape index (κ2) is 7.94. The van der Waals surface area contributed by atoms with E-state index in [4.69, 9.17) is 4.74 Å². The molecule has 1 aromatic carbocycles. The number of rotatable bonds is 8. The van der Waals surface area contributed by atoms with Gasteiger partial charge in [-0.3, -0.25) is 4.79 Å². The molecule has 1 heterocycles. The van der Waals surface area contributed by atoms with E-state index >= 15 is 0 Å². The highest BCUT2D eigenvalue weighted by atomic mass is 16.5. The van der Waals surface area contributed by atoms with Crippen LogP contribution in [0.5, 0.6) is 5.75 Å². The van der Waals surface area contributed by atoms with E-state index in [1.807, 2.05) is 12.1 Å². The lowest BCUT2D eigenvalue weighted by Crippen LogP contribution is -2.52. The zero-order chi connectivity index (χ0) is 21.5. The van der Waals surface area contributed by atoms with E-state index in [1.54, 1.807) is 7.11 Å². The Kier molecular flexibility index (Phi) is 5.63. The number of hydrogen-bond acceptors (Lipinski definition) is 2. The van der Waals surface area contributed by atoms with Crippen molar-refractivity contribution in [3.05, 3.63) is 30.0 Å². The van der Waals surface area contributed by atoms with Crippen LogP contribution in [0.3, 0.4) is 0 Å². The first kappa shape index (κ1) is 21.3. The summed E-state index contributed by atoms with van der Waals surface area (Å²) < 4.78 is 7.64. The summed E-state index contributed by atoms with van der Waals surface area (Å²) in [5.41, 5.74) is 2.29. The number of carbonyl (C=O) groups excluding carboxylic acids is 1. The summed E-state index contributed by atoms with van der Waals surface area (Å²) in [6.45, 7) is 10.2. The second-order valence-electron chi connectivity index (χ2n) is 10.5. The first-order chi connectivity index (χ1) is 14.3. The zero-order valence-corrected chi connectivity index (χ0v) is 19.4. The van der Waals surface area contributed by atoms with E-state index in [9.17, 15) is 4.79 Å². The van der Waals surface area contributed by atoms with Crippen LogP contribution in [-0.4, -0.2) is 23.6 Å². The second-order valence-corrected chi connectivity index (χ2v) is 10.5. The molecule has 3 atom stereocenters. The summed E-state index contributed by atoms with van der Waals surface area (Å²) in [5.74, 6) is 1.63. The molecule has 2 aliphatic carbocycles. The predicted molar refractivity (Wildman–Crippen MR) is 123 cm³/mol. The SMILES string of the molecule is CCCCCCn1c(C(=O)NC2C(C)(C)C3CC[C@@]2(C)C3)cc2cc(OC)ccc21. The Hall–Kier alpha value is -1.97. The van der Waals surface area contributed by atoms with Crippen LogP contribution in [0.4, 0.5) is 0 Å². The summed E-state index contributed by atoms with van der Waals surface area (Å²) >= 11 is 0. The van der Waals surface area contributed by atoms with Gasteiger partial charge in [-0.15, -0.1) is 0 Å². The van der Waals surface area contributed by atoms with E-state index in [-0.39, 0.29) is 22.8 Å². The van der Waals surface area contributed by atoms with Crippen molar-refractivity contribution in [2.24, 2.45) is 16.7 Å². The van der Waals surface area contributed by atoms with Crippen LogP contribution in [0.1, 0.15) is 83.1 Å². The smallest absolute Gasteiger partial charge is 0.268 e. The highest BCUT2D eigenvalue weighted by Gasteiger charge is 2.59. The van der Waals surface area contributed by atoms with E-state index in [2.05, 4.69) is 49.7 Å². The molecule has 0 saturated heterocycles. The Balaban J connectivity index is 1.64. The summed E-state index contributed by atoms with van der Waals surface area (Å²) in [4.78, 5) is 13.6. The lowest BCUT2D eigenvalue weighted by molar-refractivity contribution is 0.0729. The van der Waals surface area contributed by atoms with Crippen molar-refractivity contribution < 1.29 is 9.53 Å². The predicted octanol–water partition coefficient (Wildman–Crippen LogP) is 6.17. The summed E-state index contributed by atoms with van der Waals surface area (Å²) in [6, 6.07) is 8.41. The number of amides is 1. The third kappa shape index (κ3) is 3.52. The van der Waals surface area contributed by atoms with Crippen molar-refractivity contribution in [1.29, 1.82) is 0 Å². The van der Waals surface area contributed by atoms with Gasteiger partial charge in [0.25, 0.3) is 5.91 Å². The van der Waals surface area contributed by atoms with Gasteiger partial charge in [-0.25, -0.2) is 0 Å². The van der Waals surface area contributed by atoms with Crippen molar-refractivity contribution in [2.45, 2.75) is 85.2 Å². The number of unbranched alkanes of at least 4 members (excludes halogenated alkanes) is 3. The quantitative estimate of drug-likeness (QED) is 0.528. The highest BCUT2D eigenvalue weighted by molar-refractivity contribution is 5.99. The number of aryl methyl sites for hydroxylation is 1. The minimum atomic E-state index is 0.0764. The average Bonchev–Trinajstić information content (AvgIpc) is 3.34. The maximum absolute atomic E-state index is 13.6. The summed E-state index contributed by atoms with van der Waals surface area (Å²) in [5, 5.41) is 4.58. The molecule has 30 heavy (non-hydrogen) atoms. The minimum Gasteiger partial charge on any atom is -0.497 e. The van der Waals surface area contributed by atoms with Gasteiger partial charge in [0.2, 0.25) is 0 Å². The number of benzene rings is 1. The van der Waals surface area contributed by atoms with Crippen molar-refractivity contribution in [1.82, 2.24) is 9.88 Å². The molecule has 1 aromatic heterocycles. The fraction of sp³-hybridized carbons (Fsp3) is 0.654. The van der Waals surface area contributed by atoms with Crippen LogP contribution in [0, 0.1) is 16.7 Å². The molecular weight excluding hydrogens is 372 g/mol. The number of carbonyl (C=O) groups is 1. The Morgan fingerprint density at radius 1 is 1.20 bits per heavy atom. The third-order valence-electron chi connectivity index (χ3n) is 8.12. The maximum Gasteiger partial charge on any atom is 0.268 e. The molecule has 2 aromatic rings. The molecule has 0 spiro atoms. The number of hydrogen-bond donors (Lipinski definition) is 1. The lowest BCUT2D eigenvalue weighted by Gasteiger charge is -2.43. The lowest BCUT2D eigenvalue weighted by atomic mass is 9.68. The van der Waals surface area contributed by atoms with Gasteiger partial charge < -0.3 is 14.6 Å². The van der Waals surface area contributed by atoms with E-state index in [0.717, 1.165) is 41.2 Å². The third-order valence-corrected chi connectivity index (χ3v) is 8.12. The van der Waals surface area contributed by atoms with E-state index in [0.29, 0.717) is 0 Å². The molecular formula is C26H38N2O2. The van der Waals surface area contributed by atoms with Crippen molar-refractivity contribution in [3.63, 3.8) is 0 Å². The zero-order valence-electron chi connectivity index (χ0n) is 19.4. The molecule has 0 radical (unpaired) electrons. The molecule has 0 aliphatic heterocycles. The van der Waals surface area contributed by atoms with Crippen LogP contribution in [-0.2, 0) is 6.54 Å². The molecule has 2 saturated carbocycles. The van der Waals surface area contributed by atoms with Gasteiger partial charge in [-0.2, -0.15) is 0 Å². The molecule has 1 amide bonds. The van der Waals surface area contributed by atoms with Gasteiger partial charge in [0.05, 0.1) is 7.11 Å². The molecule has 2 unspecified atom stereocenters. The first-order valence-corrected chi connectivity index (χ1v) is 11.8. The van der Waals surface area contributed by atoms with Crippen LogP contribution >= 0.6 is 0 Å². The first-order valence-electron chi connectivity index (χ1n) is 11.8. The number of aromatic nitrogens is 1. The Morgan fingerprint density at radius 3 is 2.67 bits per heavy atom. The molecule has 2 bridgehead atoms. The minimum absolute atomic E-state index is 0.0764. The summed E-state index contributed by atoms with van der Waals surface area (Å²) in [6.07, 6.45) is 8.51. The molecule has 1 N–H and O–H groups in total. The van der Waals surface area contributed by atoms with Crippen LogP contribution in [0.2, 0.25) is 0 Å². The van der Waals surface area contributed by atoms with Crippen LogP contribution < -0.4 is 10.1 Å². The van der Waals surface area contributed by atoms with Gasteiger partial charge in [0, 0.05) is 23.5 Å².